The highest BCUT2D eigenvalue weighted by molar-refractivity contribution is 5.39. The topological polar surface area (TPSA) is 38.5 Å². The molecule has 19 heavy (non-hydrogen) atoms. The minimum Gasteiger partial charge on any atom is -0.496 e. The molecule has 0 fully saturated rings. The zero-order chi connectivity index (χ0) is 14.4. The smallest absolute Gasteiger partial charge is 0.123 e. The Balaban J connectivity index is 3.12. The Morgan fingerprint density at radius 1 is 1.32 bits per heavy atom. The fraction of sp³-hybridized carbons (Fsp3) is 0.625. The minimum absolute atomic E-state index is 0.347. The SMILES string of the molecule is CCc1ccc(OC)c(C(CC(C)CN)N(C)C)c1. The lowest BCUT2D eigenvalue weighted by Crippen LogP contribution is -2.25. The summed E-state index contributed by atoms with van der Waals surface area (Å²) in [6.45, 7) is 5.10. The number of methoxy groups -OCH3 is 1. The highest BCUT2D eigenvalue weighted by Crippen LogP contribution is 2.33. The van der Waals surface area contributed by atoms with Crippen molar-refractivity contribution in [1.29, 1.82) is 0 Å². The Kier molecular flexibility index (Phi) is 6.32. The molecule has 0 amide bonds. The number of nitrogens with zero attached hydrogens (tertiary/aromatic N) is 1. The third-order valence-corrected chi connectivity index (χ3v) is 3.71. The van der Waals surface area contributed by atoms with Gasteiger partial charge >= 0.3 is 0 Å². The van der Waals surface area contributed by atoms with Crippen molar-refractivity contribution >= 4 is 0 Å². The highest BCUT2D eigenvalue weighted by atomic mass is 16.5. The molecule has 2 unspecified atom stereocenters. The maximum Gasteiger partial charge on any atom is 0.123 e. The molecule has 2 atom stereocenters. The molecular weight excluding hydrogens is 236 g/mol. The minimum atomic E-state index is 0.347. The van der Waals surface area contributed by atoms with Crippen LogP contribution in [-0.4, -0.2) is 32.6 Å². The quantitative estimate of drug-likeness (QED) is 0.823. The Morgan fingerprint density at radius 2 is 2.00 bits per heavy atom. The number of aryl methyl sites for hydroxylation is 1. The number of ether oxygens (including phenoxy) is 1. The van der Waals surface area contributed by atoms with Crippen molar-refractivity contribution in [2.75, 3.05) is 27.7 Å². The van der Waals surface area contributed by atoms with E-state index in [2.05, 4.69) is 51.0 Å². The van der Waals surface area contributed by atoms with Crippen molar-refractivity contribution in [1.82, 2.24) is 4.90 Å². The Bertz CT molecular complexity index is 390. The molecule has 3 heteroatoms. The van der Waals surface area contributed by atoms with Crippen LogP contribution in [-0.2, 0) is 6.42 Å². The van der Waals surface area contributed by atoms with Gasteiger partial charge in [-0.1, -0.05) is 26.0 Å². The molecule has 108 valence electrons. The summed E-state index contributed by atoms with van der Waals surface area (Å²) in [7, 11) is 5.97. The lowest BCUT2D eigenvalue weighted by Gasteiger charge is -2.29. The van der Waals surface area contributed by atoms with E-state index in [9.17, 15) is 0 Å². The van der Waals surface area contributed by atoms with E-state index in [0.717, 1.165) is 25.1 Å². The average molecular weight is 264 g/mol. The van der Waals surface area contributed by atoms with Crippen LogP contribution in [0.15, 0.2) is 18.2 Å². The second kappa shape index (κ2) is 7.51. The van der Waals surface area contributed by atoms with Gasteiger partial charge in [-0.2, -0.15) is 0 Å². The largest absolute Gasteiger partial charge is 0.496 e. The van der Waals surface area contributed by atoms with Crippen LogP contribution in [0.5, 0.6) is 5.75 Å². The van der Waals surface area contributed by atoms with E-state index in [1.165, 1.54) is 11.1 Å². The van der Waals surface area contributed by atoms with Gasteiger partial charge in [-0.15, -0.1) is 0 Å². The number of nitrogens with two attached hydrogens (primary N) is 1. The normalized spacial score (nSPS) is 14.5. The fourth-order valence-corrected chi connectivity index (χ4v) is 2.36. The van der Waals surface area contributed by atoms with E-state index in [1.807, 2.05) is 0 Å². The van der Waals surface area contributed by atoms with E-state index < -0.39 is 0 Å². The van der Waals surface area contributed by atoms with Crippen LogP contribution in [0.4, 0.5) is 0 Å². The van der Waals surface area contributed by atoms with Crippen LogP contribution in [0.3, 0.4) is 0 Å². The van der Waals surface area contributed by atoms with Crippen molar-refractivity contribution in [3.8, 4) is 5.75 Å². The summed E-state index contributed by atoms with van der Waals surface area (Å²) in [6, 6.07) is 6.84. The summed E-state index contributed by atoms with van der Waals surface area (Å²) in [6.07, 6.45) is 2.09. The van der Waals surface area contributed by atoms with Gasteiger partial charge in [-0.3, -0.25) is 0 Å². The summed E-state index contributed by atoms with van der Waals surface area (Å²) in [5, 5.41) is 0. The molecule has 0 heterocycles. The molecule has 0 saturated carbocycles. The second-order valence-corrected chi connectivity index (χ2v) is 5.49. The van der Waals surface area contributed by atoms with Crippen LogP contribution in [0.25, 0.3) is 0 Å². The molecule has 1 aromatic carbocycles. The summed E-state index contributed by atoms with van der Waals surface area (Å²) >= 11 is 0. The molecule has 0 aliphatic heterocycles. The average Bonchev–Trinajstić information content (AvgIpc) is 2.43. The molecule has 0 bridgehead atoms. The van der Waals surface area contributed by atoms with Gasteiger partial charge in [0.2, 0.25) is 0 Å². The predicted molar refractivity (Wildman–Crippen MR) is 81.6 cm³/mol. The van der Waals surface area contributed by atoms with E-state index in [4.69, 9.17) is 10.5 Å². The first-order valence-corrected chi connectivity index (χ1v) is 7.06. The molecule has 0 saturated heterocycles. The third kappa shape index (κ3) is 4.22. The number of benzene rings is 1. The van der Waals surface area contributed by atoms with E-state index >= 15 is 0 Å². The van der Waals surface area contributed by atoms with Gasteiger partial charge in [-0.05, 0) is 51.0 Å². The lowest BCUT2D eigenvalue weighted by atomic mass is 9.93. The Labute approximate surface area is 117 Å². The molecule has 0 aromatic heterocycles. The Hall–Kier alpha value is -1.06. The zero-order valence-electron chi connectivity index (χ0n) is 12.9. The van der Waals surface area contributed by atoms with Gasteiger partial charge in [0.25, 0.3) is 0 Å². The van der Waals surface area contributed by atoms with Crippen molar-refractivity contribution in [3.05, 3.63) is 29.3 Å². The first kappa shape index (κ1) is 16.0. The van der Waals surface area contributed by atoms with E-state index in [-0.39, 0.29) is 0 Å². The van der Waals surface area contributed by atoms with Gasteiger partial charge < -0.3 is 15.4 Å². The zero-order valence-corrected chi connectivity index (χ0v) is 12.9. The number of rotatable bonds is 7. The first-order valence-electron chi connectivity index (χ1n) is 7.06. The fourth-order valence-electron chi connectivity index (χ4n) is 2.36. The van der Waals surface area contributed by atoms with Crippen LogP contribution in [0, 0.1) is 5.92 Å². The van der Waals surface area contributed by atoms with Crippen molar-refractivity contribution in [2.45, 2.75) is 32.7 Å². The molecule has 1 aromatic rings. The van der Waals surface area contributed by atoms with Crippen LogP contribution < -0.4 is 10.5 Å². The van der Waals surface area contributed by atoms with E-state index in [1.54, 1.807) is 7.11 Å². The molecule has 3 nitrogen and oxygen atoms in total. The van der Waals surface area contributed by atoms with Crippen molar-refractivity contribution < 1.29 is 4.74 Å². The third-order valence-electron chi connectivity index (χ3n) is 3.71. The van der Waals surface area contributed by atoms with Crippen LogP contribution in [0.1, 0.15) is 37.4 Å². The van der Waals surface area contributed by atoms with Gasteiger partial charge in [0.05, 0.1) is 7.11 Å². The summed E-state index contributed by atoms with van der Waals surface area (Å²) < 4.78 is 5.53. The predicted octanol–water partition coefficient (Wildman–Crippen LogP) is 2.85. The van der Waals surface area contributed by atoms with Gasteiger partial charge in [0, 0.05) is 11.6 Å². The van der Waals surface area contributed by atoms with Gasteiger partial charge in [0.15, 0.2) is 0 Å². The maximum atomic E-state index is 5.78. The molecule has 0 spiro atoms. The molecule has 0 aliphatic carbocycles. The summed E-state index contributed by atoms with van der Waals surface area (Å²) in [5.41, 5.74) is 8.40. The first-order chi connectivity index (χ1) is 9.03. The van der Waals surface area contributed by atoms with Crippen LogP contribution >= 0.6 is 0 Å². The standard InChI is InChI=1S/C16H28N2O/c1-6-13-7-8-16(19-5)14(10-13)15(18(3)4)9-12(2)11-17/h7-8,10,12,15H,6,9,11,17H2,1-5H3. The molecule has 0 aliphatic rings. The summed E-state index contributed by atoms with van der Waals surface area (Å²) in [4.78, 5) is 2.25. The summed E-state index contributed by atoms with van der Waals surface area (Å²) in [5.74, 6) is 1.47. The van der Waals surface area contributed by atoms with Gasteiger partial charge in [0.1, 0.15) is 5.75 Å². The second-order valence-electron chi connectivity index (χ2n) is 5.49. The molecule has 0 radical (unpaired) electrons. The number of hydrogen-bond acceptors (Lipinski definition) is 3. The van der Waals surface area contributed by atoms with Crippen LogP contribution in [0.2, 0.25) is 0 Å². The number of hydrogen-bond donors (Lipinski definition) is 1. The Morgan fingerprint density at radius 3 is 2.47 bits per heavy atom. The highest BCUT2D eigenvalue weighted by Gasteiger charge is 2.20. The monoisotopic (exact) mass is 264 g/mol. The molecular formula is C16H28N2O. The maximum absolute atomic E-state index is 5.78. The van der Waals surface area contributed by atoms with Crippen molar-refractivity contribution in [3.63, 3.8) is 0 Å². The van der Waals surface area contributed by atoms with Crippen molar-refractivity contribution in [2.24, 2.45) is 11.7 Å². The van der Waals surface area contributed by atoms with Gasteiger partial charge in [-0.25, -0.2) is 0 Å². The lowest BCUT2D eigenvalue weighted by molar-refractivity contribution is 0.248. The molecule has 2 N–H and O–H groups in total. The molecule has 1 rings (SSSR count). The van der Waals surface area contributed by atoms with E-state index in [0.29, 0.717) is 12.0 Å².